The maximum atomic E-state index is 11.1. The zero-order chi connectivity index (χ0) is 12.2. The zero-order valence-electron chi connectivity index (χ0n) is 8.88. The third kappa shape index (κ3) is 3.64. The largest absolute Gasteiger partial charge is 0.263 e. The molecule has 1 heterocycles. The average molecular weight is 275 g/mol. The van der Waals surface area contributed by atoms with E-state index in [-0.39, 0.29) is 12.3 Å². The molecule has 0 spiro atoms. The van der Waals surface area contributed by atoms with E-state index in [1.165, 1.54) is 18.5 Å². The maximum absolute atomic E-state index is 11.1. The Morgan fingerprint density at radius 1 is 1.12 bits per heavy atom. The highest BCUT2D eigenvalue weighted by atomic mass is 35.7. The fourth-order valence-corrected chi connectivity index (χ4v) is 2.17. The minimum absolute atomic E-state index is 0. The molecule has 0 bridgehead atoms. The van der Waals surface area contributed by atoms with Crippen LogP contribution in [0.3, 0.4) is 0 Å². The smallest absolute Gasteiger partial charge is 0.253 e. The van der Waals surface area contributed by atoms with Gasteiger partial charge in [-0.3, -0.25) is 9.97 Å². The van der Waals surface area contributed by atoms with E-state index in [1.54, 1.807) is 12.1 Å². The van der Waals surface area contributed by atoms with Crippen LogP contribution in [0.1, 0.15) is 21.3 Å². The van der Waals surface area contributed by atoms with E-state index < -0.39 is 9.05 Å². The van der Waals surface area contributed by atoms with Gasteiger partial charge in [0.15, 0.2) is 0 Å². The molecule has 0 unspecified atom stereocenters. The molecule has 6 heteroatoms. The molecule has 0 aliphatic heterocycles. The quantitative estimate of drug-likeness (QED) is 0.749. The van der Waals surface area contributed by atoms with Crippen molar-refractivity contribution in [1.29, 1.82) is 0 Å². The highest BCUT2D eigenvalue weighted by Crippen LogP contribution is 2.21. The van der Waals surface area contributed by atoms with Gasteiger partial charge in [0.1, 0.15) is 10.4 Å². The lowest BCUT2D eigenvalue weighted by molar-refractivity contribution is 0.610. The molecule has 0 saturated carbocycles. The summed E-state index contributed by atoms with van der Waals surface area (Å²) in [7, 11) is 1.48. The number of halogens is 1. The highest BCUT2D eigenvalue weighted by molar-refractivity contribution is 8.14. The molecular weight excluding hydrogens is 260 g/mol. The number of fused-ring (bicyclic) bond motifs is 1. The number of nitrogens with zero attached hydrogens (tertiary/aromatic N) is 2. The van der Waals surface area contributed by atoms with Crippen molar-refractivity contribution in [3.63, 3.8) is 0 Å². The van der Waals surface area contributed by atoms with Crippen molar-refractivity contribution < 1.29 is 8.42 Å². The van der Waals surface area contributed by atoms with Gasteiger partial charge in [-0.1, -0.05) is 27.3 Å². The van der Waals surface area contributed by atoms with Gasteiger partial charge < -0.3 is 0 Å². The van der Waals surface area contributed by atoms with Gasteiger partial charge in [-0.05, 0) is 12.1 Å². The molecule has 17 heavy (non-hydrogen) atoms. The third-order valence-corrected chi connectivity index (χ3v) is 3.08. The van der Waals surface area contributed by atoms with E-state index in [2.05, 4.69) is 9.97 Å². The second kappa shape index (κ2) is 6.51. The van der Waals surface area contributed by atoms with Crippen LogP contribution in [0, 0.1) is 0 Å². The normalized spacial score (nSPS) is 10.1. The Labute approximate surface area is 106 Å². The molecule has 4 nitrogen and oxygen atoms in total. The van der Waals surface area contributed by atoms with Crippen LogP contribution < -0.4 is 0 Å². The summed E-state index contributed by atoms with van der Waals surface area (Å²) in [5, 5.41) is 0. The molecule has 0 atom stereocenters. The first kappa shape index (κ1) is 15.8. The van der Waals surface area contributed by atoms with Crippen LogP contribution in [-0.4, -0.2) is 18.4 Å². The van der Waals surface area contributed by atoms with Crippen LogP contribution in [0.2, 0.25) is 0 Å². The number of benzene rings is 1. The van der Waals surface area contributed by atoms with Crippen molar-refractivity contribution in [2.45, 2.75) is 26.2 Å². The summed E-state index contributed by atoms with van der Waals surface area (Å²) in [6, 6.07) is 4.65. The molecule has 94 valence electrons. The SMILES string of the molecule is C.CC.O=S(=O)(Cl)c1cccc2nccnc12. The van der Waals surface area contributed by atoms with Crippen molar-refractivity contribution in [2.24, 2.45) is 0 Å². The van der Waals surface area contributed by atoms with Crippen LogP contribution in [0.25, 0.3) is 11.0 Å². The molecule has 2 rings (SSSR count). The van der Waals surface area contributed by atoms with E-state index in [1.807, 2.05) is 13.8 Å². The lowest BCUT2D eigenvalue weighted by Gasteiger charge is -1.99. The molecule has 0 radical (unpaired) electrons. The van der Waals surface area contributed by atoms with E-state index in [4.69, 9.17) is 10.7 Å². The average Bonchev–Trinajstić information content (AvgIpc) is 2.30. The number of para-hydroxylation sites is 1. The Balaban J connectivity index is 0.000000811. The minimum atomic E-state index is -3.76. The van der Waals surface area contributed by atoms with E-state index in [9.17, 15) is 8.42 Å². The lowest BCUT2D eigenvalue weighted by atomic mass is 10.3. The Morgan fingerprint density at radius 3 is 2.29 bits per heavy atom. The highest BCUT2D eigenvalue weighted by Gasteiger charge is 2.14. The van der Waals surface area contributed by atoms with Crippen molar-refractivity contribution in [3.05, 3.63) is 30.6 Å². The molecule has 0 amide bonds. The standard InChI is InChI=1S/C8H5ClN2O2S.C2H6.CH4/c9-14(12,13)7-3-1-2-6-8(7)11-5-4-10-6;1-2;/h1-5H;1-2H3;1H4. The topological polar surface area (TPSA) is 59.9 Å². The molecule has 1 aromatic heterocycles. The summed E-state index contributed by atoms with van der Waals surface area (Å²) in [5.74, 6) is 0. The fraction of sp³-hybridized carbons (Fsp3) is 0.273. The summed E-state index contributed by atoms with van der Waals surface area (Å²) < 4.78 is 22.3. The maximum Gasteiger partial charge on any atom is 0.263 e. The molecule has 0 aliphatic rings. The summed E-state index contributed by atoms with van der Waals surface area (Å²) in [5.41, 5.74) is 0.805. The monoisotopic (exact) mass is 274 g/mol. The van der Waals surface area contributed by atoms with Crippen LogP contribution >= 0.6 is 10.7 Å². The first-order valence-corrected chi connectivity index (χ1v) is 7.04. The van der Waals surface area contributed by atoms with Crippen LogP contribution in [0.5, 0.6) is 0 Å². The van der Waals surface area contributed by atoms with Gasteiger partial charge in [0.05, 0.1) is 5.52 Å². The number of hydrogen-bond donors (Lipinski definition) is 0. The van der Waals surface area contributed by atoms with Gasteiger partial charge in [0, 0.05) is 23.1 Å². The molecule has 1 aromatic carbocycles. The van der Waals surface area contributed by atoms with Crippen molar-refractivity contribution in [2.75, 3.05) is 0 Å². The van der Waals surface area contributed by atoms with Crippen LogP contribution in [0.15, 0.2) is 35.5 Å². The number of hydrogen-bond acceptors (Lipinski definition) is 4. The predicted octanol–water partition coefficient (Wildman–Crippen LogP) is 3.22. The van der Waals surface area contributed by atoms with Gasteiger partial charge in [0.2, 0.25) is 0 Å². The second-order valence-corrected chi connectivity index (χ2v) is 5.15. The molecule has 0 saturated heterocycles. The number of aromatic nitrogens is 2. The Morgan fingerprint density at radius 2 is 1.71 bits per heavy atom. The van der Waals surface area contributed by atoms with Crippen molar-refractivity contribution >= 4 is 30.8 Å². The summed E-state index contributed by atoms with van der Waals surface area (Å²) in [6.07, 6.45) is 2.92. The second-order valence-electron chi connectivity index (χ2n) is 2.62. The Kier molecular flexibility index (Phi) is 6.05. The Hall–Kier alpha value is -1.20. The van der Waals surface area contributed by atoms with Crippen LogP contribution in [-0.2, 0) is 9.05 Å². The van der Waals surface area contributed by atoms with Crippen LogP contribution in [0.4, 0.5) is 0 Å². The fourth-order valence-electron chi connectivity index (χ4n) is 1.16. The van der Waals surface area contributed by atoms with Gasteiger partial charge in [-0.25, -0.2) is 8.42 Å². The van der Waals surface area contributed by atoms with Crippen molar-refractivity contribution in [3.8, 4) is 0 Å². The molecule has 0 aliphatic carbocycles. The summed E-state index contributed by atoms with van der Waals surface area (Å²) >= 11 is 0. The first-order chi connectivity index (χ1) is 7.59. The predicted molar refractivity (Wildman–Crippen MR) is 70.7 cm³/mol. The van der Waals surface area contributed by atoms with E-state index >= 15 is 0 Å². The minimum Gasteiger partial charge on any atom is -0.253 e. The van der Waals surface area contributed by atoms with E-state index in [0.717, 1.165) is 0 Å². The van der Waals surface area contributed by atoms with Gasteiger partial charge in [0.25, 0.3) is 9.05 Å². The summed E-state index contributed by atoms with van der Waals surface area (Å²) in [6.45, 7) is 4.00. The molecule has 0 N–H and O–H groups in total. The lowest BCUT2D eigenvalue weighted by Crippen LogP contribution is -1.94. The third-order valence-electron chi connectivity index (χ3n) is 1.72. The zero-order valence-corrected chi connectivity index (χ0v) is 10.5. The Bertz CT molecular complexity index is 580. The molecule has 0 fully saturated rings. The number of rotatable bonds is 1. The first-order valence-electron chi connectivity index (χ1n) is 4.73. The van der Waals surface area contributed by atoms with Gasteiger partial charge >= 0.3 is 0 Å². The van der Waals surface area contributed by atoms with E-state index in [0.29, 0.717) is 11.0 Å². The van der Waals surface area contributed by atoms with Gasteiger partial charge in [-0.2, -0.15) is 0 Å². The van der Waals surface area contributed by atoms with Crippen molar-refractivity contribution in [1.82, 2.24) is 9.97 Å². The molecular formula is C11H15ClN2O2S. The summed E-state index contributed by atoms with van der Waals surface area (Å²) in [4.78, 5) is 7.88. The molecule has 2 aromatic rings. The van der Waals surface area contributed by atoms with Gasteiger partial charge in [-0.15, -0.1) is 0 Å².